The van der Waals surface area contributed by atoms with Crippen LogP contribution in [0.2, 0.25) is 5.02 Å². The lowest BCUT2D eigenvalue weighted by Gasteiger charge is -2.35. The summed E-state index contributed by atoms with van der Waals surface area (Å²) in [7, 11) is 0. The maximum Gasteiger partial charge on any atom is 0.522 e. The van der Waals surface area contributed by atoms with Gasteiger partial charge in [0, 0.05) is 29.0 Å². The Morgan fingerprint density at radius 2 is 2.00 bits per heavy atom. The summed E-state index contributed by atoms with van der Waals surface area (Å²) in [5, 5.41) is 18.0. The molecule has 2 bridgehead atoms. The van der Waals surface area contributed by atoms with Crippen molar-refractivity contribution < 1.29 is 37.1 Å². The Balaban J connectivity index is 1.05. The Kier molecular flexibility index (Phi) is 5.32. The first-order valence-electron chi connectivity index (χ1n) is 11.6. The van der Waals surface area contributed by atoms with E-state index in [9.17, 15) is 23.1 Å². The molecule has 4 fully saturated rings. The Morgan fingerprint density at radius 3 is 2.74 bits per heavy atom. The van der Waals surface area contributed by atoms with Crippen molar-refractivity contribution in [1.29, 1.82) is 0 Å². The van der Waals surface area contributed by atoms with Crippen molar-refractivity contribution in [2.75, 3.05) is 0 Å². The number of alkyl halides is 3. The van der Waals surface area contributed by atoms with E-state index in [1.165, 1.54) is 0 Å². The number of hydrogen-bond acceptors (Lipinski definition) is 7. The molecule has 188 valence electrons. The van der Waals surface area contributed by atoms with Gasteiger partial charge in [-0.05, 0) is 56.2 Å². The molecule has 2 aromatic rings. The predicted octanol–water partition coefficient (Wildman–Crippen LogP) is 3.93. The molecule has 4 aliphatic carbocycles. The minimum Gasteiger partial charge on any atom is -0.480 e. The Labute approximate surface area is 203 Å². The Bertz CT molecular complexity index is 1150. The zero-order valence-electron chi connectivity index (χ0n) is 18.4. The van der Waals surface area contributed by atoms with E-state index in [1.54, 1.807) is 18.2 Å². The number of carbonyl (C=O) groups is 1. The molecule has 3 atom stereocenters. The molecule has 5 aliphatic rings. The fourth-order valence-corrected chi connectivity index (χ4v) is 6.13. The first kappa shape index (κ1) is 23.1. The maximum atomic E-state index is 12.9. The summed E-state index contributed by atoms with van der Waals surface area (Å²) < 4.78 is 52.4. The van der Waals surface area contributed by atoms with Crippen LogP contribution in [0.25, 0.3) is 0 Å². The van der Waals surface area contributed by atoms with Gasteiger partial charge in [-0.25, -0.2) is 0 Å². The number of benzene rings is 1. The molecule has 4 saturated carbocycles. The van der Waals surface area contributed by atoms with Crippen LogP contribution < -0.4 is 10.1 Å². The van der Waals surface area contributed by atoms with Gasteiger partial charge in [0.25, 0.3) is 5.91 Å². The van der Waals surface area contributed by atoms with Gasteiger partial charge in [-0.1, -0.05) is 16.8 Å². The van der Waals surface area contributed by atoms with E-state index in [2.05, 4.69) is 20.2 Å². The lowest BCUT2D eigenvalue weighted by atomic mass is 9.69. The number of amides is 1. The quantitative estimate of drug-likeness (QED) is 0.624. The molecule has 0 radical (unpaired) electrons. The second kappa shape index (κ2) is 8.07. The minimum absolute atomic E-state index is 0.0847. The highest BCUT2D eigenvalue weighted by atomic mass is 35.5. The van der Waals surface area contributed by atoms with E-state index in [0.29, 0.717) is 34.5 Å². The molecule has 0 spiro atoms. The predicted molar refractivity (Wildman–Crippen MR) is 114 cm³/mol. The van der Waals surface area contributed by atoms with Gasteiger partial charge in [-0.2, -0.15) is 4.98 Å². The summed E-state index contributed by atoms with van der Waals surface area (Å²) in [4.78, 5) is 17.4. The number of nitrogens with one attached hydrogen (secondary N) is 1. The molecule has 2 N–H and O–H groups in total. The monoisotopic (exact) mass is 513 g/mol. The summed E-state index contributed by atoms with van der Waals surface area (Å²) in [6.45, 7) is 0. The van der Waals surface area contributed by atoms with E-state index in [4.69, 9.17) is 20.9 Å². The number of carbonyl (C=O) groups excluding carboxylic acids is 1. The summed E-state index contributed by atoms with van der Waals surface area (Å²) in [5.74, 6) is 1.11. The second-order valence-electron chi connectivity index (χ2n) is 10.1. The lowest BCUT2D eigenvalue weighted by molar-refractivity contribution is -0.352. The van der Waals surface area contributed by atoms with Crippen molar-refractivity contribution in [2.24, 2.45) is 5.92 Å². The van der Waals surface area contributed by atoms with Crippen molar-refractivity contribution in [2.45, 2.75) is 80.6 Å². The summed E-state index contributed by atoms with van der Waals surface area (Å²) >= 11 is 5.99. The minimum atomic E-state index is -4.64. The van der Waals surface area contributed by atoms with Gasteiger partial charge in [0.2, 0.25) is 5.89 Å². The zero-order chi connectivity index (χ0) is 24.5. The highest BCUT2D eigenvalue weighted by molar-refractivity contribution is 6.30. The number of aliphatic hydroxyl groups excluding tert-OH is 1. The molecule has 2 heterocycles. The third kappa shape index (κ3) is 4.17. The number of aliphatic hydroxyl groups is 1. The third-order valence-corrected chi connectivity index (χ3v) is 8.03. The third-order valence-electron chi connectivity index (χ3n) is 7.80. The number of nitrogens with zero attached hydrogens (tertiary/aromatic N) is 2. The molecule has 1 aliphatic heterocycles. The highest BCUT2D eigenvalue weighted by Gasteiger charge is 2.60. The smallest absolute Gasteiger partial charge is 0.480 e. The molecule has 1 amide bonds. The molecule has 1 aromatic heterocycles. The fourth-order valence-electron chi connectivity index (χ4n) is 5.95. The van der Waals surface area contributed by atoms with E-state index < -0.39 is 24.7 Å². The number of halogens is 4. The van der Waals surface area contributed by atoms with Crippen LogP contribution in [0.15, 0.2) is 22.7 Å². The van der Waals surface area contributed by atoms with Crippen LogP contribution in [0.4, 0.5) is 13.2 Å². The van der Waals surface area contributed by atoms with E-state index in [1.807, 2.05) is 0 Å². The molecule has 1 unspecified atom stereocenters. The van der Waals surface area contributed by atoms with E-state index in [-0.39, 0.29) is 48.5 Å². The second-order valence-corrected chi connectivity index (χ2v) is 10.6. The van der Waals surface area contributed by atoms with Crippen molar-refractivity contribution in [3.05, 3.63) is 40.5 Å². The maximum absolute atomic E-state index is 12.9. The average molecular weight is 514 g/mol. The van der Waals surface area contributed by atoms with Gasteiger partial charge in [0.15, 0.2) is 11.9 Å². The molecular formula is C23H23ClF3N3O5. The SMILES string of the molecule is O=C(NC1CC2(c3nc(C4CC(OC(F)(F)F)C4)no3)CC1C2)[C@@H]1C[C@H](O)c2cc(Cl)ccc2O1. The van der Waals surface area contributed by atoms with Gasteiger partial charge in [0.1, 0.15) is 5.75 Å². The summed E-state index contributed by atoms with van der Waals surface area (Å²) in [5.41, 5.74) is 0.244. The normalized spacial score (nSPS) is 35.5. The number of rotatable bonds is 5. The molecule has 8 nitrogen and oxygen atoms in total. The standard InChI is InChI=1S/C23H23ClF3N3O5/c24-12-1-2-17-14(5-12)16(31)6-18(33-17)20(32)28-15-9-22(7-11(15)8-22)21-29-19(30-35-21)10-3-13(4-10)34-23(25,26)27/h1-2,5,10-11,13,15-16,18,31H,3-4,6-9H2,(H,28,32)/t10?,11?,13?,15?,16-,18-,22?/m0/s1. The van der Waals surface area contributed by atoms with Gasteiger partial charge in [0.05, 0.1) is 17.6 Å². The number of ether oxygens (including phenoxy) is 2. The Morgan fingerprint density at radius 1 is 1.23 bits per heavy atom. The first-order valence-corrected chi connectivity index (χ1v) is 12.0. The number of hydrogen-bond donors (Lipinski definition) is 2. The van der Waals surface area contributed by atoms with Crippen LogP contribution in [0.5, 0.6) is 5.75 Å². The van der Waals surface area contributed by atoms with Gasteiger partial charge in [-0.3, -0.25) is 9.53 Å². The topological polar surface area (TPSA) is 107 Å². The Hall–Kier alpha value is -2.37. The van der Waals surface area contributed by atoms with Gasteiger partial charge in [-0.15, -0.1) is 13.2 Å². The molecular weight excluding hydrogens is 491 g/mol. The van der Waals surface area contributed by atoms with Crippen LogP contribution in [0.3, 0.4) is 0 Å². The van der Waals surface area contributed by atoms with Crippen molar-refractivity contribution >= 4 is 17.5 Å². The van der Waals surface area contributed by atoms with Gasteiger partial charge >= 0.3 is 6.36 Å². The largest absolute Gasteiger partial charge is 0.522 e. The van der Waals surface area contributed by atoms with E-state index >= 15 is 0 Å². The molecule has 35 heavy (non-hydrogen) atoms. The molecule has 0 saturated heterocycles. The number of aromatic nitrogens is 2. The average Bonchev–Trinajstić information content (AvgIpc) is 3.43. The fraction of sp³-hybridized carbons (Fsp3) is 0.609. The van der Waals surface area contributed by atoms with Crippen LogP contribution in [-0.4, -0.2) is 45.8 Å². The van der Waals surface area contributed by atoms with Crippen molar-refractivity contribution in [3.8, 4) is 5.75 Å². The van der Waals surface area contributed by atoms with Crippen LogP contribution >= 0.6 is 11.6 Å². The molecule has 1 aromatic carbocycles. The van der Waals surface area contributed by atoms with Crippen LogP contribution in [0.1, 0.15) is 67.8 Å². The van der Waals surface area contributed by atoms with Crippen molar-refractivity contribution in [3.63, 3.8) is 0 Å². The number of fused-ring (bicyclic) bond motifs is 2. The van der Waals surface area contributed by atoms with Crippen molar-refractivity contribution in [1.82, 2.24) is 15.5 Å². The first-order chi connectivity index (χ1) is 16.6. The van der Waals surface area contributed by atoms with Crippen LogP contribution in [-0.2, 0) is 14.9 Å². The molecule has 12 heteroatoms. The van der Waals surface area contributed by atoms with Crippen LogP contribution in [0, 0.1) is 5.92 Å². The van der Waals surface area contributed by atoms with Gasteiger partial charge < -0.3 is 19.7 Å². The summed E-state index contributed by atoms with van der Waals surface area (Å²) in [6, 6.07) is 4.85. The molecule has 7 rings (SSSR count). The highest BCUT2D eigenvalue weighted by Crippen LogP contribution is 2.59. The lowest BCUT2D eigenvalue weighted by Crippen LogP contribution is -2.46. The van der Waals surface area contributed by atoms with E-state index in [0.717, 1.165) is 12.8 Å². The summed E-state index contributed by atoms with van der Waals surface area (Å²) in [6.07, 6.45) is -4.41. The zero-order valence-corrected chi connectivity index (χ0v) is 19.2.